The number of hydrogen-bond donors (Lipinski definition) is 0. The summed E-state index contributed by atoms with van der Waals surface area (Å²) in [7, 11) is 0. The van der Waals surface area contributed by atoms with Gasteiger partial charge in [0.2, 0.25) is 5.88 Å². The Balaban J connectivity index is 1.52. The Kier molecular flexibility index (Phi) is 3.67. The number of rotatable bonds is 1. The maximum absolute atomic E-state index is 6.31. The van der Waals surface area contributed by atoms with Gasteiger partial charge in [-0.3, -0.25) is 0 Å². The maximum atomic E-state index is 6.31. The first-order chi connectivity index (χ1) is 18.4. The van der Waals surface area contributed by atoms with Crippen LogP contribution in [0.4, 0.5) is 0 Å². The number of hydrogen-bond acceptors (Lipinski definition) is 3. The molecule has 3 nitrogen and oxygen atoms in total. The molecule has 172 valence electrons. The van der Waals surface area contributed by atoms with Gasteiger partial charge in [-0.15, -0.1) is 11.3 Å². The Morgan fingerprint density at radius 2 is 1.46 bits per heavy atom. The van der Waals surface area contributed by atoms with Crippen molar-refractivity contribution in [1.29, 1.82) is 0 Å². The highest BCUT2D eigenvalue weighted by atomic mass is 32.1. The molecule has 0 aliphatic carbocycles. The van der Waals surface area contributed by atoms with E-state index in [9.17, 15) is 0 Å². The molecule has 9 rings (SSSR count). The van der Waals surface area contributed by atoms with Crippen LogP contribution in [0.25, 0.3) is 69.6 Å². The molecule has 0 spiro atoms. The summed E-state index contributed by atoms with van der Waals surface area (Å²) in [6.45, 7) is 0. The van der Waals surface area contributed by atoms with Gasteiger partial charge in [-0.25, -0.2) is 4.98 Å². The van der Waals surface area contributed by atoms with E-state index in [4.69, 9.17) is 4.74 Å². The first-order valence-corrected chi connectivity index (χ1v) is 13.2. The van der Waals surface area contributed by atoms with Crippen molar-refractivity contribution < 1.29 is 4.74 Å². The highest BCUT2D eigenvalue weighted by Crippen LogP contribution is 2.50. The Morgan fingerprint density at radius 1 is 0.649 bits per heavy atom. The second-order valence-electron chi connectivity index (χ2n) is 9.56. The minimum Gasteiger partial charge on any atom is -0.438 e. The molecule has 0 unspecified atom stereocenters. The zero-order valence-corrected chi connectivity index (χ0v) is 20.4. The molecular weight excluding hydrogens is 472 g/mol. The van der Waals surface area contributed by atoms with Gasteiger partial charge in [0.1, 0.15) is 5.75 Å². The second kappa shape index (κ2) is 6.96. The third-order valence-corrected chi connectivity index (χ3v) is 8.86. The van der Waals surface area contributed by atoms with Crippen molar-refractivity contribution >= 4 is 64.1 Å². The lowest BCUT2D eigenvalue weighted by atomic mass is 9.94. The molecule has 8 aromatic rings. The van der Waals surface area contributed by atoms with Crippen LogP contribution >= 0.6 is 11.3 Å². The van der Waals surface area contributed by atoms with Crippen molar-refractivity contribution in [3.63, 3.8) is 0 Å². The number of fused-ring (bicyclic) bond motifs is 9. The largest absolute Gasteiger partial charge is 0.438 e. The summed E-state index contributed by atoms with van der Waals surface area (Å²) in [6, 6.07) is 36.9. The fourth-order valence-electron chi connectivity index (χ4n) is 6.12. The molecule has 0 saturated heterocycles. The van der Waals surface area contributed by atoms with Crippen LogP contribution in [0.5, 0.6) is 11.6 Å². The van der Waals surface area contributed by atoms with Crippen LogP contribution in [0.1, 0.15) is 0 Å². The predicted molar refractivity (Wildman–Crippen MR) is 154 cm³/mol. The lowest BCUT2D eigenvalue weighted by molar-refractivity contribution is 0.468. The van der Waals surface area contributed by atoms with Crippen LogP contribution in [-0.2, 0) is 0 Å². The standard InChI is InChI=1S/C33H18N2OS/c1-4-12-26-19(8-1)25-18-24-20-9-2-5-14-28(20)36-33-30(24)23(16-17-34-33)31(25)35(26)27-13-7-11-22-21-10-3-6-15-29(21)37-32(22)27/h1-18H. The van der Waals surface area contributed by atoms with Crippen LogP contribution in [0.3, 0.4) is 0 Å². The van der Waals surface area contributed by atoms with Crippen LogP contribution in [0, 0.1) is 0 Å². The molecule has 0 radical (unpaired) electrons. The summed E-state index contributed by atoms with van der Waals surface area (Å²) in [6.07, 6.45) is 1.87. The number of para-hydroxylation sites is 2. The molecule has 1 aliphatic heterocycles. The zero-order valence-electron chi connectivity index (χ0n) is 19.6. The normalized spacial score (nSPS) is 12.5. The van der Waals surface area contributed by atoms with Crippen LogP contribution in [0.2, 0.25) is 0 Å². The molecule has 4 heteroatoms. The van der Waals surface area contributed by atoms with Crippen molar-refractivity contribution in [3.05, 3.63) is 109 Å². The molecule has 0 bridgehead atoms. The highest BCUT2D eigenvalue weighted by molar-refractivity contribution is 7.26. The van der Waals surface area contributed by atoms with Crippen LogP contribution in [-0.4, -0.2) is 9.55 Å². The van der Waals surface area contributed by atoms with E-state index in [2.05, 4.69) is 101 Å². The molecule has 0 fully saturated rings. The molecule has 4 heterocycles. The van der Waals surface area contributed by atoms with Crippen molar-refractivity contribution in [2.45, 2.75) is 0 Å². The van der Waals surface area contributed by atoms with Gasteiger partial charge in [0.25, 0.3) is 0 Å². The molecule has 3 aromatic heterocycles. The van der Waals surface area contributed by atoms with Crippen molar-refractivity contribution in [2.75, 3.05) is 0 Å². The van der Waals surface area contributed by atoms with E-state index in [-0.39, 0.29) is 0 Å². The number of pyridine rings is 1. The second-order valence-corrected chi connectivity index (χ2v) is 10.6. The summed E-state index contributed by atoms with van der Waals surface area (Å²) in [5, 5.41) is 7.32. The van der Waals surface area contributed by atoms with Crippen molar-refractivity contribution in [3.8, 4) is 28.4 Å². The van der Waals surface area contributed by atoms with E-state index in [1.165, 1.54) is 53.2 Å². The Morgan fingerprint density at radius 3 is 2.43 bits per heavy atom. The molecular formula is C33H18N2OS. The number of aromatic nitrogens is 2. The van der Waals surface area contributed by atoms with Gasteiger partial charge in [-0.05, 0) is 42.0 Å². The van der Waals surface area contributed by atoms with Crippen molar-refractivity contribution in [1.82, 2.24) is 9.55 Å². The molecule has 37 heavy (non-hydrogen) atoms. The Bertz CT molecular complexity index is 2240. The average Bonchev–Trinajstić information content (AvgIpc) is 3.49. The van der Waals surface area contributed by atoms with Gasteiger partial charge in [0.15, 0.2) is 0 Å². The van der Waals surface area contributed by atoms with Gasteiger partial charge in [-0.2, -0.15) is 0 Å². The number of ether oxygens (including phenoxy) is 1. The summed E-state index contributed by atoms with van der Waals surface area (Å²) in [5.74, 6) is 1.53. The smallest absolute Gasteiger partial charge is 0.227 e. The third kappa shape index (κ3) is 2.48. The summed E-state index contributed by atoms with van der Waals surface area (Å²) < 4.78 is 11.4. The predicted octanol–water partition coefficient (Wildman–Crippen LogP) is 9.47. The minimum atomic E-state index is 0.671. The topological polar surface area (TPSA) is 27.1 Å². The molecule has 0 saturated carbocycles. The Hall–Kier alpha value is -4.67. The monoisotopic (exact) mass is 490 g/mol. The number of nitrogens with zero attached hydrogens (tertiary/aromatic N) is 2. The molecule has 0 N–H and O–H groups in total. The summed E-state index contributed by atoms with van der Waals surface area (Å²) >= 11 is 1.86. The van der Waals surface area contributed by atoms with Gasteiger partial charge in [0.05, 0.1) is 26.8 Å². The van der Waals surface area contributed by atoms with Gasteiger partial charge < -0.3 is 9.30 Å². The number of thiophene rings is 1. The fourth-order valence-corrected chi connectivity index (χ4v) is 7.33. The highest BCUT2D eigenvalue weighted by Gasteiger charge is 2.26. The molecule has 0 amide bonds. The van der Waals surface area contributed by atoms with Gasteiger partial charge in [-0.1, -0.05) is 66.7 Å². The van der Waals surface area contributed by atoms with Gasteiger partial charge in [0, 0.05) is 43.4 Å². The van der Waals surface area contributed by atoms with Crippen LogP contribution < -0.4 is 4.74 Å². The summed E-state index contributed by atoms with van der Waals surface area (Å²) in [4.78, 5) is 4.65. The lowest BCUT2D eigenvalue weighted by Crippen LogP contribution is -2.00. The maximum Gasteiger partial charge on any atom is 0.227 e. The molecule has 0 atom stereocenters. The first-order valence-electron chi connectivity index (χ1n) is 12.4. The first kappa shape index (κ1) is 19.5. The van der Waals surface area contributed by atoms with Crippen LogP contribution in [0.15, 0.2) is 109 Å². The van der Waals surface area contributed by atoms with E-state index in [0.717, 1.165) is 22.1 Å². The van der Waals surface area contributed by atoms with E-state index >= 15 is 0 Å². The fraction of sp³-hybridized carbons (Fsp3) is 0. The lowest BCUT2D eigenvalue weighted by Gasteiger charge is -2.21. The van der Waals surface area contributed by atoms with Crippen molar-refractivity contribution in [2.24, 2.45) is 0 Å². The van der Waals surface area contributed by atoms with E-state index in [1.54, 1.807) is 0 Å². The average molecular weight is 491 g/mol. The minimum absolute atomic E-state index is 0.671. The van der Waals surface area contributed by atoms with E-state index in [0.29, 0.717) is 5.88 Å². The van der Waals surface area contributed by atoms with Gasteiger partial charge >= 0.3 is 0 Å². The van der Waals surface area contributed by atoms with E-state index in [1.807, 2.05) is 29.7 Å². The zero-order chi connectivity index (χ0) is 24.1. The van der Waals surface area contributed by atoms with E-state index < -0.39 is 0 Å². The SMILES string of the molecule is c1ccc2c(c1)Oc1nccc3c1c-2cc1c2ccccc2n(-c2cccc4c2sc2ccccc24)c31. The summed E-state index contributed by atoms with van der Waals surface area (Å²) in [5.41, 5.74) is 5.88. The molecule has 5 aromatic carbocycles. The Labute approximate surface area is 215 Å². The molecule has 1 aliphatic rings. The quantitative estimate of drug-likeness (QED) is 0.229. The third-order valence-electron chi connectivity index (χ3n) is 7.65. The number of benzene rings is 5.